The van der Waals surface area contributed by atoms with E-state index in [2.05, 4.69) is 22.2 Å². The van der Waals surface area contributed by atoms with E-state index in [1.54, 1.807) is 12.4 Å². The second kappa shape index (κ2) is 5.19. The van der Waals surface area contributed by atoms with Crippen LogP contribution in [0, 0.1) is 5.92 Å². The lowest BCUT2D eigenvalue weighted by molar-refractivity contribution is 0.176. The fourth-order valence-electron chi connectivity index (χ4n) is 1.98. The van der Waals surface area contributed by atoms with Gasteiger partial charge in [-0.05, 0) is 19.0 Å². The van der Waals surface area contributed by atoms with E-state index in [-0.39, 0.29) is 6.04 Å². The van der Waals surface area contributed by atoms with Crippen molar-refractivity contribution in [1.29, 1.82) is 0 Å². The molecule has 0 aliphatic carbocycles. The van der Waals surface area contributed by atoms with Gasteiger partial charge in [-0.3, -0.25) is 0 Å². The Bertz CT molecular complexity index is 285. The summed E-state index contributed by atoms with van der Waals surface area (Å²) in [7, 11) is 0. The van der Waals surface area contributed by atoms with Crippen molar-refractivity contribution >= 4 is 0 Å². The van der Waals surface area contributed by atoms with E-state index in [4.69, 9.17) is 4.74 Å². The summed E-state index contributed by atoms with van der Waals surface area (Å²) in [6.45, 7) is 4.71. The minimum atomic E-state index is 0.235. The molecular formula is C11H17N3O. The Labute approximate surface area is 90.1 Å². The molecule has 0 bridgehead atoms. The van der Waals surface area contributed by atoms with Gasteiger partial charge >= 0.3 is 0 Å². The molecule has 1 fully saturated rings. The van der Waals surface area contributed by atoms with Gasteiger partial charge in [0.25, 0.3) is 0 Å². The predicted octanol–water partition coefficient (Wildman–Crippen LogP) is 1.16. The van der Waals surface area contributed by atoms with Crippen LogP contribution in [0.15, 0.2) is 18.5 Å². The first-order chi connectivity index (χ1) is 7.42. The average Bonchev–Trinajstić information content (AvgIpc) is 2.80. The van der Waals surface area contributed by atoms with Gasteiger partial charge in [0.05, 0.1) is 12.6 Å². The molecule has 2 atom stereocenters. The van der Waals surface area contributed by atoms with Crippen molar-refractivity contribution in [3.8, 4) is 0 Å². The van der Waals surface area contributed by atoms with E-state index in [0.29, 0.717) is 5.92 Å². The summed E-state index contributed by atoms with van der Waals surface area (Å²) in [5, 5.41) is 3.44. The third-order valence-electron chi connectivity index (χ3n) is 2.72. The lowest BCUT2D eigenvalue weighted by Gasteiger charge is -2.21. The van der Waals surface area contributed by atoms with Crippen LogP contribution >= 0.6 is 0 Å². The number of rotatable bonds is 4. The van der Waals surface area contributed by atoms with Gasteiger partial charge in [-0.15, -0.1) is 0 Å². The first-order valence-electron chi connectivity index (χ1n) is 5.50. The predicted molar refractivity (Wildman–Crippen MR) is 57.4 cm³/mol. The molecule has 1 aliphatic heterocycles. The molecule has 4 heteroatoms. The summed E-state index contributed by atoms with van der Waals surface area (Å²) in [6.07, 6.45) is 4.68. The zero-order valence-electron chi connectivity index (χ0n) is 9.02. The van der Waals surface area contributed by atoms with Crippen molar-refractivity contribution < 1.29 is 4.74 Å². The van der Waals surface area contributed by atoms with Gasteiger partial charge < -0.3 is 10.1 Å². The van der Waals surface area contributed by atoms with Crippen LogP contribution in [0.1, 0.15) is 25.2 Å². The number of nitrogens with one attached hydrogen (secondary N) is 1. The largest absolute Gasteiger partial charge is 0.381 e. The maximum atomic E-state index is 5.41. The van der Waals surface area contributed by atoms with Crippen molar-refractivity contribution in [3.05, 3.63) is 24.3 Å². The molecule has 82 valence electrons. The second-order valence-corrected chi connectivity index (χ2v) is 3.77. The number of ether oxygens (including phenoxy) is 1. The highest BCUT2D eigenvalue weighted by Crippen LogP contribution is 2.26. The van der Waals surface area contributed by atoms with Gasteiger partial charge in [-0.1, -0.05) is 6.92 Å². The van der Waals surface area contributed by atoms with Gasteiger partial charge in [-0.25, -0.2) is 9.97 Å². The van der Waals surface area contributed by atoms with Gasteiger partial charge in [0.1, 0.15) is 5.82 Å². The molecule has 2 unspecified atom stereocenters. The maximum absolute atomic E-state index is 5.41. The Kier molecular flexibility index (Phi) is 3.64. The molecule has 0 radical (unpaired) electrons. The molecule has 1 aromatic heterocycles. The molecule has 1 aliphatic rings. The quantitative estimate of drug-likeness (QED) is 0.805. The summed E-state index contributed by atoms with van der Waals surface area (Å²) < 4.78 is 5.41. The minimum absolute atomic E-state index is 0.235. The molecule has 4 nitrogen and oxygen atoms in total. The van der Waals surface area contributed by atoms with E-state index in [0.717, 1.165) is 32.0 Å². The highest BCUT2D eigenvalue weighted by atomic mass is 16.5. The number of hydrogen-bond donors (Lipinski definition) is 1. The van der Waals surface area contributed by atoms with E-state index < -0.39 is 0 Å². The monoisotopic (exact) mass is 207 g/mol. The van der Waals surface area contributed by atoms with Crippen molar-refractivity contribution in [1.82, 2.24) is 15.3 Å². The normalized spacial score (nSPS) is 22.9. The van der Waals surface area contributed by atoms with Crippen LogP contribution in [0.3, 0.4) is 0 Å². The molecule has 0 saturated carbocycles. The SMILES string of the molecule is CCNC(c1ncccn1)C1CCOC1. The summed E-state index contributed by atoms with van der Waals surface area (Å²) in [5.74, 6) is 1.39. The Morgan fingerprint density at radius 2 is 2.33 bits per heavy atom. The molecular weight excluding hydrogens is 190 g/mol. The summed E-state index contributed by atoms with van der Waals surface area (Å²) >= 11 is 0. The van der Waals surface area contributed by atoms with Crippen molar-refractivity contribution in [2.45, 2.75) is 19.4 Å². The van der Waals surface area contributed by atoms with E-state index >= 15 is 0 Å². The summed E-state index contributed by atoms with van der Waals surface area (Å²) in [4.78, 5) is 8.63. The van der Waals surface area contributed by atoms with Gasteiger partial charge in [0.2, 0.25) is 0 Å². The first kappa shape index (κ1) is 10.5. The van der Waals surface area contributed by atoms with Crippen LogP contribution in [0.25, 0.3) is 0 Å². The molecule has 15 heavy (non-hydrogen) atoms. The van der Waals surface area contributed by atoms with Gasteiger partial charge in [0.15, 0.2) is 0 Å². The van der Waals surface area contributed by atoms with Crippen LogP contribution in [0.5, 0.6) is 0 Å². The molecule has 1 saturated heterocycles. The standard InChI is InChI=1S/C11H17N3O/c1-2-12-10(9-4-7-15-8-9)11-13-5-3-6-14-11/h3,5-6,9-10,12H,2,4,7-8H2,1H3. The summed E-state index contributed by atoms with van der Waals surface area (Å²) in [5.41, 5.74) is 0. The molecule has 0 spiro atoms. The molecule has 1 N–H and O–H groups in total. The number of hydrogen-bond acceptors (Lipinski definition) is 4. The third-order valence-corrected chi connectivity index (χ3v) is 2.72. The van der Waals surface area contributed by atoms with Crippen LogP contribution < -0.4 is 5.32 Å². The van der Waals surface area contributed by atoms with Crippen LogP contribution in [0.2, 0.25) is 0 Å². The fraction of sp³-hybridized carbons (Fsp3) is 0.636. The highest BCUT2D eigenvalue weighted by Gasteiger charge is 2.27. The maximum Gasteiger partial charge on any atom is 0.145 e. The van der Waals surface area contributed by atoms with Crippen LogP contribution in [-0.4, -0.2) is 29.7 Å². The van der Waals surface area contributed by atoms with E-state index in [1.165, 1.54) is 0 Å². The molecule has 0 aromatic carbocycles. The molecule has 1 aromatic rings. The number of nitrogens with zero attached hydrogens (tertiary/aromatic N) is 2. The Morgan fingerprint density at radius 1 is 1.53 bits per heavy atom. The smallest absolute Gasteiger partial charge is 0.145 e. The van der Waals surface area contributed by atoms with E-state index in [1.807, 2.05) is 6.07 Å². The Balaban J connectivity index is 2.11. The van der Waals surface area contributed by atoms with Crippen molar-refractivity contribution in [3.63, 3.8) is 0 Å². The lowest BCUT2D eigenvalue weighted by atomic mass is 9.98. The Morgan fingerprint density at radius 3 is 2.93 bits per heavy atom. The van der Waals surface area contributed by atoms with Crippen LogP contribution in [0.4, 0.5) is 0 Å². The van der Waals surface area contributed by atoms with Crippen molar-refractivity contribution in [2.75, 3.05) is 19.8 Å². The second-order valence-electron chi connectivity index (χ2n) is 3.77. The molecule has 2 rings (SSSR count). The van der Waals surface area contributed by atoms with Crippen molar-refractivity contribution in [2.24, 2.45) is 5.92 Å². The zero-order chi connectivity index (χ0) is 10.5. The van der Waals surface area contributed by atoms with E-state index in [9.17, 15) is 0 Å². The molecule has 0 amide bonds. The minimum Gasteiger partial charge on any atom is -0.381 e. The zero-order valence-corrected chi connectivity index (χ0v) is 9.02. The molecule has 2 heterocycles. The summed E-state index contributed by atoms with van der Waals surface area (Å²) in [6, 6.07) is 2.08. The first-order valence-corrected chi connectivity index (χ1v) is 5.50. The van der Waals surface area contributed by atoms with Gasteiger partial charge in [-0.2, -0.15) is 0 Å². The topological polar surface area (TPSA) is 47.0 Å². The lowest BCUT2D eigenvalue weighted by Crippen LogP contribution is -2.30. The average molecular weight is 207 g/mol. The van der Waals surface area contributed by atoms with Crippen LogP contribution in [-0.2, 0) is 4.74 Å². The fourth-order valence-corrected chi connectivity index (χ4v) is 1.98. The highest BCUT2D eigenvalue weighted by molar-refractivity contribution is 4.99. The number of aromatic nitrogens is 2. The van der Waals surface area contributed by atoms with Gasteiger partial charge in [0, 0.05) is 24.9 Å². The third kappa shape index (κ3) is 2.52. The Hall–Kier alpha value is -1.00.